The smallest absolute Gasteiger partial charge is 0.197 e. The van der Waals surface area contributed by atoms with Crippen molar-refractivity contribution in [2.45, 2.75) is 19.9 Å². The Morgan fingerprint density at radius 1 is 0.886 bits per heavy atom. The van der Waals surface area contributed by atoms with Gasteiger partial charge in [0.2, 0.25) is 0 Å². The lowest BCUT2D eigenvalue weighted by atomic mass is 9.91. The van der Waals surface area contributed by atoms with Gasteiger partial charge >= 0.3 is 0 Å². The number of ketones is 1. The van der Waals surface area contributed by atoms with Gasteiger partial charge in [-0.3, -0.25) is 4.79 Å². The van der Waals surface area contributed by atoms with Gasteiger partial charge in [-0.15, -0.1) is 0 Å². The number of halogens is 2. The number of rotatable bonds is 4. The van der Waals surface area contributed by atoms with Crippen LogP contribution in [0.3, 0.4) is 0 Å². The largest absolute Gasteiger partial charge is 0.371 e. The molecule has 3 heterocycles. The summed E-state index contributed by atoms with van der Waals surface area (Å²) >= 11 is 0. The van der Waals surface area contributed by atoms with E-state index in [1.54, 1.807) is 12.1 Å². The van der Waals surface area contributed by atoms with Crippen LogP contribution in [0.15, 0.2) is 72.8 Å². The van der Waals surface area contributed by atoms with Crippen LogP contribution in [-0.4, -0.2) is 21.9 Å². The average Bonchev–Trinajstić information content (AvgIpc) is 3.38. The molecule has 0 radical (unpaired) electrons. The number of nitrogens with one attached hydrogen (secondary N) is 2. The number of H-pyrrole nitrogens is 1. The van der Waals surface area contributed by atoms with Gasteiger partial charge in [-0.05, 0) is 73.5 Å². The third-order valence-corrected chi connectivity index (χ3v) is 6.71. The summed E-state index contributed by atoms with van der Waals surface area (Å²) in [5.41, 5.74) is 6.30. The molecule has 0 aliphatic carbocycles. The Morgan fingerprint density at radius 2 is 1.57 bits per heavy atom. The Bertz CT molecular complexity index is 1580. The SMILES string of the molecule is Cc1[nH]c2ccccc2c1-c1c(C(=O)c2ccc(F)cc2)c2n(c1-c1ccc(F)cc1)CCCN2. The van der Waals surface area contributed by atoms with Crippen molar-refractivity contribution in [3.05, 3.63) is 101 Å². The van der Waals surface area contributed by atoms with Crippen LogP contribution in [0.4, 0.5) is 14.6 Å². The maximum atomic E-state index is 14.0. The first-order chi connectivity index (χ1) is 17.0. The molecule has 0 unspecified atom stereocenters. The third-order valence-electron chi connectivity index (χ3n) is 6.71. The Morgan fingerprint density at radius 3 is 2.31 bits per heavy atom. The van der Waals surface area contributed by atoms with Gasteiger partial charge in [0.25, 0.3) is 0 Å². The van der Waals surface area contributed by atoms with Gasteiger partial charge in [-0.25, -0.2) is 8.78 Å². The van der Waals surface area contributed by atoms with E-state index in [0.29, 0.717) is 11.1 Å². The summed E-state index contributed by atoms with van der Waals surface area (Å²) in [5, 5.41) is 4.45. The molecule has 0 spiro atoms. The molecule has 4 nitrogen and oxygen atoms in total. The summed E-state index contributed by atoms with van der Waals surface area (Å²) in [6, 6.07) is 20.1. The fourth-order valence-electron chi connectivity index (χ4n) is 5.19. The molecule has 1 aliphatic rings. The van der Waals surface area contributed by atoms with Crippen LogP contribution in [0.25, 0.3) is 33.3 Å². The molecule has 0 saturated carbocycles. The van der Waals surface area contributed by atoms with E-state index in [0.717, 1.165) is 64.3 Å². The molecule has 2 N–H and O–H groups in total. The lowest BCUT2D eigenvalue weighted by molar-refractivity contribution is 0.104. The van der Waals surface area contributed by atoms with Crippen LogP contribution in [-0.2, 0) is 6.54 Å². The van der Waals surface area contributed by atoms with Gasteiger partial charge in [0.05, 0.1) is 11.3 Å². The Kier molecular flexibility index (Phi) is 5.02. The molecule has 1 aliphatic heterocycles. The molecule has 0 saturated heterocycles. The number of hydrogen-bond donors (Lipinski definition) is 2. The highest BCUT2D eigenvalue weighted by molar-refractivity contribution is 6.20. The van der Waals surface area contributed by atoms with Crippen LogP contribution >= 0.6 is 0 Å². The van der Waals surface area contributed by atoms with E-state index in [-0.39, 0.29) is 11.6 Å². The molecular weight excluding hydrogens is 444 g/mol. The van der Waals surface area contributed by atoms with E-state index >= 15 is 0 Å². The first-order valence-electron chi connectivity index (χ1n) is 11.7. The molecule has 0 atom stereocenters. The zero-order chi connectivity index (χ0) is 24.1. The monoisotopic (exact) mass is 467 g/mol. The average molecular weight is 468 g/mol. The van der Waals surface area contributed by atoms with Crippen LogP contribution in [0, 0.1) is 18.6 Å². The maximum absolute atomic E-state index is 14.0. The first-order valence-corrected chi connectivity index (χ1v) is 11.7. The summed E-state index contributed by atoms with van der Waals surface area (Å²) in [7, 11) is 0. The normalized spacial score (nSPS) is 13.0. The molecular formula is C29H23F2N3O. The van der Waals surface area contributed by atoms with Gasteiger partial charge < -0.3 is 14.9 Å². The summed E-state index contributed by atoms with van der Waals surface area (Å²) in [4.78, 5) is 17.5. The van der Waals surface area contributed by atoms with Crippen molar-refractivity contribution in [2.24, 2.45) is 0 Å². The van der Waals surface area contributed by atoms with E-state index < -0.39 is 5.82 Å². The molecule has 0 bridgehead atoms. The fraction of sp³-hybridized carbons (Fsp3) is 0.138. The zero-order valence-corrected chi connectivity index (χ0v) is 19.2. The van der Waals surface area contributed by atoms with Gasteiger partial charge in [-0.2, -0.15) is 0 Å². The Labute approximate surface area is 201 Å². The Hall–Kier alpha value is -4.19. The van der Waals surface area contributed by atoms with E-state index in [4.69, 9.17) is 0 Å². The maximum Gasteiger partial charge on any atom is 0.197 e. The summed E-state index contributed by atoms with van der Waals surface area (Å²) in [6.07, 6.45) is 0.895. The second kappa shape index (κ2) is 8.24. The number of carbonyl (C=O) groups excluding carboxylic acids is 1. The molecule has 0 fully saturated rings. The summed E-state index contributed by atoms with van der Waals surface area (Å²) < 4.78 is 29.6. The molecule has 3 aromatic carbocycles. The van der Waals surface area contributed by atoms with Crippen molar-refractivity contribution in [3.8, 4) is 22.4 Å². The highest BCUT2D eigenvalue weighted by Gasteiger charge is 2.32. The number of hydrogen-bond acceptors (Lipinski definition) is 2. The summed E-state index contributed by atoms with van der Waals surface area (Å²) in [5.74, 6) is -0.149. The first kappa shape index (κ1) is 21.4. The number of aryl methyl sites for hydroxylation is 1. The highest BCUT2D eigenvalue weighted by Crippen LogP contribution is 2.47. The molecule has 6 heteroatoms. The number of fused-ring (bicyclic) bond motifs is 2. The van der Waals surface area contributed by atoms with Crippen LogP contribution in [0.2, 0.25) is 0 Å². The number of anilines is 1. The zero-order valence-electron chi connectivity index (χ0n) is 19.2. The predicted octanol–water partition coefficient (Wildman–Crippen LogP) is 6.94. The van der Waals surface area contributed by atoms with Crippen molar-refractivity contribution >= 4 is 22.5 Å². The second-order valence-corrected chi connectivity index (χ2v) is 8.89. The topological polar surface area (TPSA) is 49.8 Å². The van der Waals surface area contributed by atoms with E-state index in [1.807, 2.05) is 31.2 Å². The molecule has 0 amide bonds. The van der Waals surface area contributed by atoms with Crippen molar-refractivity contribution in [3.63, 3.8) is 0 Å². The number of aromatic nitrogens is 2. The molecule has 35 heavy (non-hydrogen) atoms. The number of carbonyl (C=O) groups is 1. The van der Waals surface area contributed by atoms with Crippen molar-refractivity contribution in [1.82, 2.24) is 9.55 Å². The van der Waals surface area contributed by atoms with Gasteiger partial charge in [0, 0.05) is 46.4 Å². The van der Waals surface area contributed by atoms with Crippen molar-refractivity contribution < 1.29 is 13.6 Å². The number of aromatic amines is 1. The van der Waals surface area contributed by atoms with Crippen LogP contribution < -0.4 is 5.32 Å². The molecule has 6 rings (SSSR count). The standard InChI is InChI=1S/C29H23F2N3O/c1-17-24(22-5-2-3-6-23(22)33-17)25-26(28(35)19-9-13-21(31)14-10-19)29-32-15-4-16-34(29)27(25)18-7-11-20(30)12-8-18/h2-3,5-14,32-33H,4,15-16H2,1H3. The second-order valence-electron chi connectivity index (χ2n) is 8.89. The van der Waals surface area contributed by atoms with Gasteiger partial charge in [0.15, 0.2) is 5.78 Å². The Balaban J connectivity index is 1.73. The number of para-hydroxylation sites is 1. The van der Waals surface area contributed by atoms with Gasteiger partial charge in [-0.1, -0.05) is 18.2 Å². The van der Waals surface area contributed by atoms with Crippen LogP contribution in [0.1, 0.15) is 28.0 Å². The van der Waals surface area contributed by atoms with E-state index in [9.17, 15) is 13.6 Å². The van der Waals surface area contributed by atoms with E-state index in [2.05, 4.69) is 14.9 Å². The minimum absolute atomic E-state index is 0.184. The molecule has 2 aromatic heterocycles. The number of benzene rings is 3. The van der Waals surface area contributed by atoms with Crippen LogP contribution in [0.5, 0.6) is 0 Å². The van der Waals surface area contributed by atoms with E-state index in [1.165, 1.54) is 36.4 Å². The van der Waals surface area contributed by atoms with Crippen molar-refractivity contribution in [1.29, 1.82) is 0 Å². The lowest BCUT2D eigenvalue weighted by Crippen LogP contribution is -2.19. The molecule has 5 aromatic rings. The minimum atomic E-state index is -0.390. The highest BCUT2D eigenvalue weighted by atomic mass is 19.1. The summed E-state index contributed by atoms with van der Waals surface area (Å²) in [6.45, 7) is 3.46. The minimum Gasteiger partial charge on any atom is -0.371 e. The molecule has 174 valence electrons. The van der Waals surface area contributed by atoms with Gasteiger partial charge in [0.1, 0.15) is 17.5 Å². The fourth-order valence-corrected chi connectivity index (χ4v) is 5.19. The van der Waals surface area contributed by atoms with Crippen molar-refractivity contribution in [2.75, 3.05) is 11.9 Å². The lowest BCUT2D eigenvalue weighted by Gasteiger charge is -2.20. The third kappa shape index (κ3) is 3.44. The quantitative estimate of drug-likeness (QED) is 0.281. The predicted molar refractivity (Wildman–Crippen MR) is 135 cm³/mol. The number of nitrogens with zero attached hydrogens (tertiary/aromatic N) is 1.